The van der Waals surface area contributed by atoms with Crippen molar-refractivity contribution in [2.75, 3.05) is 19.8 Å². The van der Waals surface area contributed by atoms with Gasteiger partial charge in [-0.25, -0.2) is 25.9 Å². The van der Waals surface area contributed by atoms with Crippen molar-refractivity contribution in [1.82, 2.24) is 4.72 Å². The third kappa shape index (κ3) is 4.59. The van der Waals surface area contributed by atoms with Crippen LogP contribution in [0.3, 0.4) is 0 Å². The summed E-state index contributed by atoms with van der Waals surface area (Å²) < 4.78 is 78.6. The van der Waals surface area contributed by atoms with Gasteiger partial charge in [-0.05, 0) is 47.8 Å². The zero-order chi connectivity index (χ0) is 22.1. The Labute approximate surface area is 183 Å². The molecular formula is C20H18FNO6S3. The maximum Gasteiger partial charge on any atom is 0.240 e. The molecule has 7 nitrogen and oxygen atoms in total. The van der Waals surface area contributed by atoms with Gasteiger partial charge in [0, 0.05) is 17.5 Å². The van der Waals surface area contributed by atoms with Crippen LogP contribution in [-0.2, 0) is 19.9 Å². The maximum absolute atomic E-state index is 13.3. The van der Waals surface area contributed by atoms with Gasteiger partial charge in [-0.2, -0.15) is 0 Å². The quantitative estimate of drug-likeness (QED) is 0.519. The van der Waals surface area contributed by atoms with Gasteiger partial charge in [0.05, 0.1) is 9.79 Å². The van der Waals surface area contributed by atoms with Gasteiger partial charge >= 0.3 is 0 Å². The zero-order valence-corrected chi connectivity index (χ0v) is 18.5. The molecule has 11 heteroatoms. The number of rotatable bonds is 7. The van der Waals surface area contributed by atoms with Gasteiger partial charge < -0.3 is 9.47 Å². The first-order valence-corrected chi connectivity index (χ1v) is 13.1. The van der Waals surface area contributed by atoms with Gasteiger partial charge in [0.2, 0.25) is 10.0 Å². The van der Waals surface area contributed by atoms with E-state index in [-0.39, 0.29) is 9.79 Å². The van der Waals surface area contributed by atoms with Gasteiger partial charge in [-0.1, -0.05) is 6.07 Å². The summed E-state index contributed by atoms with van der Waals surface area (Å²) in [6.07, 6.45) is 0. The number of ether oxygens (including phenoxy) is 2. The van der Waals surface area contributed by atoms with Crippen molar-refractivity contribution in [3.63, 3.8) is 0 Å². The smallest absolute Gasteiger partial charge is 0.240 e. The molecule has 2 aromatic carbocycles. The number of hydrogen-bond acceptors (Lipinski definition) is 7. The monoisotopic (exact) mass is 483 g/mol. The fourth-order valence-corrected chi connectivity index (χ4v) is 7.04. The Morgan fingerprint density at radius 1 is 0.935 bits per heavy atom. The molecule has 31 heavy (non-hydrogen) atoms. The summed E-state index contributed by atoms with van der Waals surface area (Å²) in [5, 5.41) is 0.530. The molecule has 164 valence electrons. The number of nitrogens with one attached hydrogen (secondary N) is 1. The molecule has 0 fully saturated rings. The van der Waals surface area contributed by atoms with Gasteiger partial charge in [-0.15, -0.1) is 11.3 Å². The van der Waals surface area contributed by atoms with Crippen LogP contribution >= 0.6 is 11.3 Å². The van der Waals surface area contributed by atoms with Crippen LogP contribution in [0.5, 0.6) is 11.5 Å². The average Bonchev–Trinajstić information content (AvgIpc) is 3.28. The summed E-state index contributed by atoms with van der Waals surface area (Å²) in [4.78, 5) is 0.306. The van der Waals surface area contributed by atoms with Crippen LogP contribution in [0.4, 0.5) is 4.39 Å². The van der Waals surface area contributed by atoms with Gasteiger partial charge in [0.1, 0.15) is 24.3 Å². The molecule has 1 unspecified atom stereocenters. The van der Waals surface area contributed by atoms with Crippen LogP contribution in [-0.4, -0.2) is 36.6 Å². The molecule has 2 heterocycles. The lowest BCUT2D eigenvalue weighted by Gasteiger charge is -2.20. The summed E-state index contributed by atoms with van der Waals surface area (Å²) in [6, 6.07) is 11.9. The Morgan fingerprint density at radius 3 is 2.29 bits per heavy atom. The number of sulfonamides is 1. The topological polar surface area (TPSA) is 98.8 Å². The van der Waals surface area contributed by atoms with Crippen LogP contribution in [0.15, 0.2) is 69.8 Å². The first-order valence-electron chi connectivity index (χ1n) is 9.19. The minimum atomic E-state index is -4.03. The van der Waals surface area contributed by atoms with Gasteiger partial charge in [0.25, 0.3) is 0 Å². The largest absolute Gasteiger partial charge is 0.486 e. The molecule has 1 N–H and O–H groups in total. The fraction of sp³-hybridized carbons (Fsp3) is 0.200. The molecule has 1 aliphatic heterocycles. The third-order valence-corrected chi connectivity index (χ3v) is 9.32. The minimum Gasteiger partial charge on any atom is -0.486 e. The number of benzene rings is 2. The molecule has 1 aliphatic rings. The Hall–Kier alpha value is -2.47. The molecule has 0 radical (unpaired) electrons. The highest BCUT2D eigenvalue weighted by atomic mass is 32.2. The minimum absolute atomic E-state index is 0.0686. The Balaban J connectivity index is 1.62. The third-order valence-electron chi connectivity index (χ3n) is 4.66. The van der Waals surface area contributed by atoms with E-state index in [4.69, 9.17) is 9.47 Å². The van der Waals surface area contributed by atoms with Crippen LogP contribution in [0.2, 0.25) is 0 Å². The summed E-state index contributed by atoms with van der Waals surface area (Å²) in [5.41, 5.74) is 0. The van der Waals surface area contributed by atoms with Crippen molar-refractivity contribution >= 4 is 31.2 Å². The molecule has 4 rings (SSSR count). The first kappa shape index (κ1) is 21.8. The SMILES string of the molecule is O=S(=O)(NCC(c1cccs1)S(=O)(=O)c1ccc(F)cc1)c1ccc2c(c1)OCCO2. The fourth-order valence-electron chi connectivity index (χ4n) is 3.09. The lowest BCUT2D eigenvalue weighted by Crippen LogP contribution is -2.31. The summed E-state index contributed by atoms with van der Waals surface area (Å²) >= 11 is 1.20. The highest BCUT2D eigenvalue weighted by Gasteiger charge is 2.32. The lowest BCUT2D eigenvalue weighted by atomic mass is 10.3. The second-order valence-electron chi connectivity index (χ2n) is 6.66. The molecule has 0 bridgehead atoms. The van der Waals surface area contributed by atoms with Crippen molar-refractivity contribution in [3.05, 3.63) is 70.7 Å². The predicted octanol–water partition coefficient (Wildman–Crippen LogP) is 3.15. The van der Waals surface area contributed by atoms with Crippen LogP contribution in [0, 0.1) is 5.82 Å². The predicted molar refractivity (Wildman–Crippen MR) is 113 cm³/mol. The van der Waals surface area contributed by atoms with Crippen LogP contribution in [0.25, 0.3) is 0 Å². The van der Waals surface area contributed by atoms with Crippen LogP contribution < -0.4 is 14.2 Å². The molecular weight excluding hydrogens is 465 g/mol. The van der Waals surface area contributed by atoms with Crippen LogP contribution in [0.1, 0.15) is 10.1 Å². The average molecular weight is 484 g/mol. The van der Waals surface area contributed by atoms with E-state index in [2.05, 4.69) is 4.72 Å². The Kier molecular flexibility index (Phi) is 6.02. The second-order valence-corrected chi connectivity index (χ2v) is 11.5. The molecule has 1 atom stereocenters. The molecule has 0 saturated carbocycles. The van der Waals surface area contributed by atoms with E-state index >= 15 is 0 Å². The Bertz CT molecular complexity index is 1270. The standard InChI is InChI=1S/C20H18FNO6S3/c21-14-3-5-15(6-4-14)30(23,24)20(19-2-1-11-29-19)13-22-31(25,26)16-7-8-17-18(12-16)28-10-9-27-17/h1-8,11-12,20,22H,9-10,13H2. The summed E-state index contributed by atoms with van der Waals surface area (Å²) in [5.74, 6) is 0.189. The zero-order valence-electron chi connectivity index (χ0n) is 16.0. The number of sulfone groups is 1. The summed E-state index contributed by atoms with van der Waals surface area (Å²) in [7, 11) is -8.02. The van der Waals surface area contributed by atoms with Gasteiger partial charge in [-0.3, -0.25) is 0 Å². The van der Waals surface area contributed by atoms with E-state index < -0.39 is 37.5 Å². The Morgan fingerprint density at radius 2 is 1.61 bits per heavy atom. The van der Waals surface area contributed by atoms with Crippen molar-refractivity contribution in [1.29, 1.82) is 0 Å². The van der Waals surface area contributed by atoms with Crippen molar-refractivity contribution in [2.45, 2.75) is 15.0 Å². The maximum atomic E-state index is 13.3. The van der Waals surface area contributed by atoms with Crippen molar-refractivity contribution in [3.8, 4) is 11.5 Å². The molecule has 1 aromatic heterocycles. The number of thiophene rings is 1. The molecule has 0 aliphatic carbocycles. The van der Waals surface area contributed by atoms with Crippen molar-refractivity contribution in [2.24, 2.45) is 0 Å². The highest BCUT2D eigenvalue weighted by Crippen LogP contribution is 2.34. The van der Waals surface area contributed by atoms with E-state index in [1.165, 1.54) is 41.7 Å². The number of fused-ring (bicyclic) bond motifs is 1. The molecule has 0 amide bonds. The molecule has 0 spiro atoms. The van der Waals surface area contributed by atoms with E-state index in [9.17, 15) is 21.2 Å². The number of hydrogen-bond donors (Lipinski definition) is 1. The number of halogens is 1. The second kappa shape index (κ2) is 8.58. The molecule has 0 saturated heterocycles. The van der Waals surface area contributed by atoms with Crippen molar-refractivity contribution < 1.29 is 30.7 Å². The van der Waals surface area contributed by atoms with E-state index in [1.807, 2.05) is 0 Å². The lowest BCUT2D eigenvalue weighted by molar-refractivity contribution is 0.171. The molecule has 3 aromatic rings. The van der Waals surface area contributed by atoms with E-state index in [0.29, 0.717) is 29.6 Å². The van der Waals surface area contributed by atoms with Gasteiger partial charge in [0.15, 0.2) is 21.3 Å². The highest BCUT2D eigenvalue weighted by molar-refractivity contribution is 7.92. The van der Waals surface area contributed by atoms with E-state index in [0.717, 1.165) is 12.1 Å². The van der Waals surface area contributed by atoms with E-state index in [1.54, 1.807) is 17.5 Å². The summed E-state index contributed by atoms with van der Waals surface area (Å²) in [6.45, 7) is 0.290. The normalized spacial score (nSPS) is 14.9. The first-order chi connectivity index (χ1) is 14.8.